The Morgan fingerprint density at radius 3 is 2.24 bits per heavy atom. The van der Waals surface area contributed by atoms with Gasteiger partial charge in [0.1, 0.15) is 0 Å². The van der Waals surface area contributed by atoms with Crippen molar-refractivity contribution in [1.82, 2.24) is 4.90 Å². The van der Waals surface area contributed by atoms with Crippen LogP contribution in [-0.4, -0.2) is 43.9 Å². The van der Waals surface area contributed by atoms with Gasteiger partial charge in [-0.3, -0.25) is 9.59 Å². The number of nitrogens with zero attached hydrogens (tertiary/aromatic N) is 2. The number of carbonyl (C=O) groups is 2. The number of benzene rings is 1. The molecule has 25 heavy (non-hydrogen) atoms. The third kappa shape index (κ3) is 6.40. The molecular weight excluding hydrogens is 314 g/mol. The molecule has 0 saturated heterocycles. The van der Waals surface area contributed by atoms with Crippen molar-refractivity contribution in [1.29, 1.82) is 0 Å². The highest BCUT2D eigenvalue weighted by Gasteiger charge is 2.18. The van der Waals surface area contributed by atoms with E-state index in [2.05, 4.69) is 12.2 Å². The van der Waals surface area contributed by atoms with E-state index in [9.17, 15) is 9.59 Å². The average Bonchev–Trinajstić information content (AvgIpc) is 2.59. The summed E-state index contributed by atoms with van der Waals surface area (Å²) < 4.78 is 0. The Morgan fingerprint density at radius 1 is 1.00 bits per heavy atom. The minimum atomic E-state index is -0.00672. The summed E-state index contributed by atoms with van der Waals surface area (Å²) in [4.78, 5) is 28.6. The summed E-state index contributed by atoms with van der Waals surface area (Å²) in [6, 6.07) is 5.54. The third-order valence-corrected chi connectivity index (χ3v) is 4.30. The lowest BCUT2D eigenvalue weighted by Crippen LogP contribution is -2.31. The van der Waals surface area contributed by atoms with Crippen LogP contribution in [0.2, 0.25) is 0 Å². The first kappa shape index (κ1) is 21.0. The summed E-state index contributed by atoms with van der Waals surface area (Å²) in [5.41, 5.74) is 2.16. The van der Waals surface area contributed by atoms with Gasteiger partial charge in [-0.2, -0.15) is 0 Å². The number of amides is 2. The van der Waals surface area contributed by atoms with E-state index in [1.807, 2.05) is 45.0 Å². The molecule has 0 aromatic heterocycles. The fourth-order valence-corrected chi connectivity index (χ4v) is 2.79. The fraction of sp³-hybridized carbons (Fsp3) is 0.600. The first-order valence-electron chi connectivity index (χ1n) is 9.35. The van der Waals surface area contributed by atoms with Gasteiger partial charge >= 0.3 is 0 Å². The van der Waals surface area contributed by atoms with Gasteiger partial charge in [-0.15, -0.1) is 0 Å². The van der Waals surface area contributed by atoms with E-state index in [0.717, 1.165) is 31.4 Å². The number of unbranched alkanes of at least 4 members (excludes halogenated alkanes) is 3. The van der Waals surface area contributed by atoms with Crippen LogP contribution in [0, 0.1) is 0 Å². The molecule has 0 aliphatic heterocycles. The number of carbonyl (C=O) groups excluding carboxylic acids is 2. The van der Waals surface area contributed by atoms with Crippen molar-refractivity contribution in [3.05, 3.63) is 23.8 Å². The second-order valence-corrected chi connectivity index (χ2v) is 6.46. The van der Waals surface area contributed by atoms with Gasteiger partial charge in [0, 0.05) is 45.0 Å². The van der Waals surface area contributed by atoms with Crippen LogP contribution < -0.4 is 10.2 Å². The van der Waals surface area contributed by atoms with E-state index in [1.165, 1.54) is 0 Å². The Morgan fingerprint density at radius 2 is 1.68 bits per heavy atom. The van der Waals surface area contributed by atoms with Crippen molar-refractivity contribution in [2.45, 2.75) is 52.9 Å². The van der Waals surface area contributed by atoms with Gasteiger partial charge < -0.3 is 15.1 Å². The van der Waals surface area contributed by atoms with Gasteiger partial charge in [0.05, 0.1) is 5.56 Å². The van der Waals surface area contributed by atoms with Crippen LogP contribution >= 0.6 is 0 Å². The van der Waals surface area contributed by atoms with Gasteiger partial charge in [0.2, 0.25) is 5.91 Å². The summed E-state index contributed by atoms with van der Waals surface area (Å²) >= 11 is 0. The first-order valence-corrected chi connectivity index (χ1v) is 9.35. The number of rotatable bonds is 10. The maximum Gasteiger partial charge on any atom is 0.256 e. The van der Waals surface area contributed by atoms with Crippen LogP contribution in [0.1, 0.15) is 63.2 Å². The minimum Gasteiger partial charge on any atom is -0.377 e. The van der Waals surface area contributed by atoms with Crippen LogP contribution in [0.4, 0.5) is 11.4 Å². The van der Waals surface area contributed by atoms with Crippen LogP contribution in [0.3, 0.4) is 0 Å². The zero-order chi connectivity index (χ0) is 18.8. The molecule has 0 atom stereocenters. The zero-order valence-electron chi connectivity index (χ0n) is 16.4. The molecule has 0 unspecified atom stereocenters. The van der Waals surface area contributed by atoms with E-state index in [1.54, 1.807) is 11.0 Å². The van der Waals surface area contributed by atoms with Gasteiger partial charge in [0.15, 0.2) is 0 Å². The second kappa shape index (κ2) is 10.7. The standard InChI is InChI=1S/C20H33N3O2/c1-6-9-10-11-12-19(24)21-16-13-14-18(22(4)5)17(15-16)20(25)23(7-2)8-3/h13-15H,6-12H2,1-5H3,(H,21,24). The average molecular weight is 348 g/mol. The van der Waals surface area contributed by atoms with E-state index in [0.29, 0.717) is 30.8 Å². The molecule has 5 heteroatoms. The molecule has 0 aliphatic carbocycles. The van der Waals surface area contributed by atoms with Crippen LogP contribution in [0.15, 0.2) is 18.2 Å². The SMILES string of the molecule is CCCCCCC(=O)Nc1ccc(N(C)C)c(C(=O)N(CC)CC)c1. The molecule has 1 N–H and O–H groups in total. The molecule has 0 spiro atoms. The number of anilines is 2. The largest absolute Gasteiger partial charge is 0.377 e. The van der Waals surface area contributed by atoms with E-state index >= 15 is 0 Å². The van der Waals surface area contributed by atoms with Crippen molar-refractivity contribution in [2.24, 2.45) is 0 Å². The maximum absolute atomic E-state index is 12.8. The Kier molecular flexibility index (Phi) is 9.03. The molecule has 0 radical (unpaired) electrons. The number of nitrogens with one attached hydrogen (secondary N) is 1. The van der Waals surface area contributed by atoms with Gasteiger partial charge in [-0.1, -0.05) is 26.2 Å². The maximum atomic E-state index is 12.8. The molecule has 0 bridgehead atoms. The molecule has 2 amide bonds. The van der Waals surface area contributed by atoms with E-state index in [-0.39, 0.29) is 11.8 Å². The predicted octanol–water partition coefficient (Wildman–Crippen LogP) is 4.14. The number of hydrogen-bond acceptors (Lipinski definition) is 3. The summed E-state index contributed by atoms with van der Waals surface area (Å²) in [5.74, 6) is 0.00249. The van der Waals surface area contributed by atoms with Gasteiger partial charge in [0.25, 0.3) is 5.91 Å². The summed E-state index contributed by atoms with van der Waals surface area (Å²) in [7, 11) is 3.83. The molecule has 1 aromatic carbocycles. The van der Waals surface area contributed by atoms with Crippen molar-refractivity contribution in [3.8, 4) is 0 Å². The molecule has 1 aromatic rings. The highest BCUT2D eigenvalue weighted by molar-refractivity contribution is 6.02. The Hall–Kier alpha value is -2.04. The lowest BCUT2D eigenvalue weighted by atomic mass is 10.1. The quantitative estimate of drug-likeness (QED) is 0.647. The molecule has 0 fully saturated rings. The number of hydrogen-bond donors (Lipinski definition) is 1. The third-order valence-electron chi connectivity index (χ3n) is 4.30. The van der Waals surface area contributed by atoms with Crippen LogP contribution in [0.5, 0.6) is 0 Å². The first-order chi connectivity index (χ1) is 11.9. The fourth-order valence-electron chi connectivity index (χ4n) is 2.79. The molecule has 0 heterocycles. The zero-order valence-corrected chi connectivity index (χ0v) is 16.4. The lowest BCUT2D eigenvalue weighted by Gasteiger charge is -2.23. The summed E-state index contributed by atoms with van der Waals surface area (Å²) in [6.45, 7) is 7.42. The summed E-state index contributed by atoms with van der Waals surface area (Å²) in [5, 5.41) is 2.93. The van der Waals surface area contributed by atoms with Crippen molar-refractivity contribution < 1.29 is 9.59 Å². The monoisotopic (exact) mass is 347 g/mol. The van der Waals surface area contributed by atoms with Gasteiger partial charge in [-0.05, 0) is 38.5 Å². The smallest absolute Gasteiger partial charge is 0.256 e. The summed E-state index contributed by atoms with van der Waals surface area (Å²) in [6.07, 6.45) is 4.82. The second-order valence-electron chi connectivity index (χ2n) is 6.46. The van der Waals surface area contributed by atoms with Crippen molar-refractivity contribution in [2.75, 3.05) is 37.4 Å². The highest BCUT2D eigenvalue weighted by Crippen LogP contribution is 2.24. The molecule has 0 saturated carbocycles. The topological polar surface area (TPSA) is 52.7 Å². The van der Waals surface area contributed by atoms with Crippen LogP contribution in [-0.2, 0) is 4.79 Å². The Bertz CT molecular complexity index is 566. The Labute approximate surface area is 152 Å². The van der Waals surface area contributed by atoms with Crippen LogP contribution in [0.25, 0.3) is 0 Å². The van der Waals surface area contributed by atoms with E-state index < -0.39 is 0 Å². The Balaban J connectivity index is 2.91. The molecular formula is C20H33N3O2. The van der Waals surface area contributed by atoms with Crippen molar-refractivity contribution in [3.63, 3.8) is 0 Å². The minimum absolute atomic E-state index is 0.00672. The molecule has 1 rings (SSSR count). The molecule has 0 aliphatic rings. The lowest BCUT2D eigenvalue weighted by molar-refractivity contribution is -0.116. The van der Waals surface area contributed by atoms with E-state index in [4.69, 9.17) is 0 Å². The van der Waals surface area contributed by atoms with Crippen molar-refractivity contribution >= 4 is 23.2 Å². The molecule has 5 nitrogen and oxygen atoms in total. The molecule has 140 valence electrons. The normalized spacial score (nSPS) is 10.4. The van der Waals surface area contributed by atoms with Gasteiger partial charge in [-0.25, -0.2) is 0 Å². The predicted molar refractivity (Wildman–Crippen MR) is 105 cm³/mol. The highest BCUT2D eigenvalue weighted by atomic mass is 16.2.